The molecule has 1 amide bonds. The van der Waals surface area contributed by atoms with Crippen LogP contribution in [0.25, 0.3) is 0 Å². The van der Waals surface area contributed by atoms with Gasteiger partial charge in [0.25, 0.3) is 0 Å². The topological polar surface area (TPSA) is 84.9 Å². The molecule has 2 aromatic rings. The largest absolute Gasteiger partial charge is 0.493 e. The zero-order chi connectivity index (χ0) is 20.2. The van der Waals surface area contributed by atoms with Crippen LogP contribution >= 0.6 is 0 Å². The van der Waals surface area contributed by atoms with Gasteiger partial charge in [-0.2, -0.15) is 0 Å². The van der Waals surface area contributed by atoms with Gasteiger partial charge in [-0.15, -0.1) is 0 Å². The number of methoxy groups -OCH3 is 2. The van der Waals surface area contributed by atoms with E-state index in [1.807, 2.05) is 19.9 Å². The molecule has 0 spiro atoms. The summed E-state index contributed by atoms with van der Waals surface area (Å²) >= 11 is 0. The molecule has 0 aromatic heterocycles. The molecule has 0 heterocycles. The molecule has 2 aromatic carbocycles. The van der Waals surface area contributed by atoms with Gasteiger partial charge in [0.15, 0.2) is 11.5 Å². The van der Waals surface area contributed by atoms with Crippen LogP contribution in [0.3, 0.4) is 0 Å². The number of carbonyl (C=O) groups is 2. The minimum atomic E-state index is -0.913. The molecule has 0 aliphatic carbocycles. The van der Waals surface area contributed by atoms with Crippen molar-refractivity contribution in [3.8, 4) is 11.5 Å². The van der Waals surface area contributed by atoms with Crippen LogP contribution in [0, 0.1) is 0 Å². The van der Waals surface area contributed by atoms with Crippen molar-refractivity contribution in [1.82, 2.24) is 0 Å². The van der Waals surface area contributed by atoms with Crippen molar-refractivity contribution in [3.63, 3.8) is 0 Å². The van der Waals surface area contributed by atoms with Gasteiger partial charge in [0, 0.05) is 5.69 Å². The number of benzene rings is 2. The molecule has 1 unspecified atom stereocenters. The fraction of sp³-hybridized carbons (Fsp3) is 0.333. The van der Waals surface area contributed by atoms with E-state index in [0.29, 0.717) is 22.7 Å². The fourth-order valence-corrected chi connectivity index (χ4v) is 2.67. The van der Waals surface area contributed by atoms with Gasteiger partial charge in [-0.25, -0.2) is 0 Å². The molecule has 6 heteroatoms. The number of ether oxygens (including phenoxy) is 2. The van der Waals surface area contributed by atoms with E-state index in [0.717, 1.165) is 5.56 Å². The molecule has 2 rings (SSSR count). The first kappa shape index (κ1) is 20.3. The van der Waals surface area contributed by atoms with Gasteiger partial charge in [-0.3, -0.25) is 9.59 Å². The molecular formula is C21H25NO5. The first-order chi connectivity index (χ1) is 12.7. The summed E-state index contributed by atoms with van der Waals surface area (Å²) in [5, 5.41) is 12.0. The summed E-state index contributed by atoms with van der Waals surface area (Å²) in [6.45, 7) is 5.23. The molecule has 6 nitrogen and oxygen atoms in total. The van der Waals surface area contributed by atoms with Crippen molar-refractivity contribution in [2.45, 2.75) is 32.1 Å². The lowest BCUT2D eigenvalue weighted by molar-refractivity contribution is -0.138. The third kappa shape index (κ3) is 4.39. The summed E-state index contributed by atoms with van der Waals surface area (Å²) in [6, 6.07) is 12.2. The highest BCUT2D eigenvalue weighted by molar-refractivity contribution is 5.98. The molecule has 0 radical (unpaired) electrons. The number of hydrogen-bond acceptors (Lipinski definition) is 4. The average molecular weight is 371 g/mol. The Hall–Kier alpha value is -3.02. The van der Waals surface area contributed by atoms with E-state index in [2.05, 4.69) is 5.32 Å². The van der Waals surface area contributed by atoms with E-state index in [9.17, 15) is 9.59 Å². The Morgan fingerprint density at radius 3 is 2.30 bits per heavy atom. The number of carbonyl (C=O) groups excluding carboxylic acids is 1. The Bertz CT molecular complexity index is 844. The summed E-state index contributed by atoms with van der Waals surface area (Å²) in [7, 11) is 3.10. The van der Waals surface area contributed by atoms with Crippen LogP contribution in [0.5, 0.6) is 11.5 Å². The van der Waals surface area contributed by atoms with Crippen LogP contribution in [0.4, 0.5) is 5.69 Å². The van der Waals surface area contributed by atoms with Crippen LogP contribution in [0.1, 0.15) is 37.8 Å². The van der Waals surface area contributed by atoms with Crippen molar-refractivity contribution in [2.75, 3.05) is 19.5 Å². The van der Waals surface area contributed by atoms with Crippen LogP contribution in [-0.2, 0) is 15.0 Å². The van der Waals surface area contributed by atoms with E-state index in [-0.39, 0.29) is 5.91 Å². The van der Waals surface area contributed by atoms with Gasteiger partial charge in [0.1, 0.15) is 0 Å². The minimum absolute atomic E-state index is 0.213. The van der Waals surface area contributed by atoms with Crippen molar-refractivity contribution in [3.05, 3.63) is 53.6 Å². The molecule has 27 heavy (non-hydrogen) atoms. The van der Waals surface area contributed by atoms with Crippen molar-refractivity contribution < 1.29 is 24.2 Å². The van der Waals surface area contributed by atoms with Gasteiger partial charge >= 0.3 is 5.97 Å². The lowest BCUT2D eigenvalue weighted by Crippen LogP contribution is -2.34. The number of anilines is 1. The Labute approximate surface area is 159 Å². The molecular weight excluding hydrogens is 346 g/mol. The van der Waals surface area contributed by atoms with Gasteiger partial charge in [-0.05, 0) is 56.2 Å². The molecule has 1 atom stereocenters. The lowest BCUT2D eigenvalue weighted by Gasteiger charge is -2.25. The maximum atomic E-state index is 12.9. The monoisotopic (exact) mass is 371 g/mol. The summed E-state index contributed by atoms with van der Waals surface area (Å²) in [5.74, 6) is -0.638. The first-order valence-electron chi connectivity index (χ1n) is 8.57. The smallest absolute Gasteiger partial charge is 0.310 e. The van der Waals surface area contributed by atoms with E-state index in [1.54, 1.807) is 57.5 Å². The Morgan fingerprint density at radius 1 is 1.04 bits per heavy atom. The van der Waals surface area contributed by atoms with Gasteiger partial charge in [0.2, 0.25) is 5.91 Å². The predicted molar refractivity (Wildman–Crippen MR) is 104 cm³/mol. The maximum Gasteiger partial charge on any atom is 0.310 e. The summed E-state index contributed by atoms with van der Waals surface area (Å²) < 4.78 is 10.6. The minimum Gasteiger partial charge on any atom is -0.493 e. The molecule has 0 bridgehead atoms. The molecule has 0 aliphatic rings. The number of carboxylic acids is 1. The van der Waals surface area contributed by atoms with E-state index in [1.165, 1.54) is 0 Å². The summed E-state index contributed by atoms with van der Waals surface area (Å²) in [4.78, 5) is 24.1. The van der Waals surface area contributed by atoms with E-state index in [4.69, 9.17) is 14.6 Å². The summed E-state index contributed by atoms with van der Waals surface area (Å²) in [5.41, 5.74) is 1.12. The zero-order valence-electron chi connectivity index (χ0n) is 16.2. The molecule has 2 N–H and O–H groups in total. The standard InChI is InChI=1S/C21H25NO5/c1-13(19(23)24)14-7-6-8-16(11-14)22-20(25)21(2,3)15-9-10-17(26-4)18(12-15)27-5/h6-13H,1-5H3,(H,22,25)(H,23,24). The molecule has 0 saturated carbocycles. The van der Waals surface area contributed by atoms with Crippen LogP contribution < -0.4 is 14.8 Å². The summed E-state index contributed by atoms with van der Waals surface area (Å²) in [6.07, 6.45) is 0. The highest BCUT2D eigenvalue weighted by Crippen LogP contribution is 2.34. The Morgan fingerprint density at radius 2 is 1.70 bits per heavy atom. The second-order valence-corrected chi connectivity index (χ2v) is 6.83. The van der Waals surface area contributed by atoms with Crippen molar-refractivity contribution in [1.29, 1.82) is 0 Å². The van der Waals surface area contributed by atoms with Crippen molar-refractivity contribution >= 4 is 17.6 Å². The van der Waals surface area contributed by atoms with Crippen LogP contribution in [0.2, 0.25) is 0 Å². The highest BCUT2D eigenvalue weighted by Gasteiger charge is 2.31. The SMILES string of the molecule is COc1ccc(C(C)(C)C(=O)Nc2cccc(C(C)C(=O)O)c2)cc1OC. The van der Waals surface area contributed by atoms with Gasteiger partial charge in [-0.1, -0.05) is 18.2 Å². The predicted octanol–water partition coefficient (Wildman–Crippen LogP) is 3.81. The fourth-order valence-electron chi connectivity index (χ4n) is 2.67. The highest BCUT2D eigenvalue weighted by atomic mass is 16.5. The normalized spacial score (nSPS) is 12.2. The Kier molecular flexibility index (Phi) is 6.10. The number of rotatable bonds is 7. The third-order valence-corrected chi connectivity index (χ3v) is 4.69. The number of hydrogen-bond donors (Lipinski definition) is 2. The molecule has 0 fully saturated rings. The molecule has 144 valence electrons. The average Bonchev–Trinajstić information content (AvgIpc) is 2.66. The third-order valence-electron chi connectivity index (χ3n) is 4.69. The second kappa shape index (κ2) is 8.12. The first-order valence-corrected chi connectivity index (χ1v) is 8.57. The number of amides is 1. The molecule has 0 aliphatic heterocycles. The van der Waals surface area contributed by atoms with Gasteiger partial charge < -0.3 is 19.9 Å². The lowest BCUT2D eigenvalue weighted by atomic mass is 9.83. The maximum absolute atomic E-state index is 12.9. The van der Waals surface area contributed by atoms with E-state index >= 15 is 0 Å². The second-order valence-electron chi connectivity index (χ2n) is 6.83. The number of nitrogens with one attached hydrogen (secondary N) is 1. The van der Waals surface area contributed by atoms with Gasteiger partial charge in [0.05, 0.1) is 25.6 Å². The van der Waals surface area contributed by atoms with E-state index < -0.39 is 17.3 Å². The quantitative estimate of drug-likeness (QED) is 0.773. The Balaban J connectivity index is 2.26. The van der Waals surface area contributed by atoms with Crippen molar-refractivity contribution in [2.24, 2.45) is 0 Å². The number of aliphatic carboxylic acids is 1. The number of carboxylic acid groups (broad SMARTS) is 1. The zero-order valence-corrected chi connectivity index (χ0v) is 16.2. The van der Waals surface area contributed by atoms with Crippen LogP contribution in [0.15, 0.2) is 42.5 Å². The molecule has 0 saturated heterocycles. The van der Waals surface area contributed by atoms with Crippen LogP contribution in [-0.4, -0.2) is 31.2 Å².